The number of rotatable bonds is 9. The highest BCUT2D eigenvalue weighted by atomic mass is 19.2. The van der Waals surface area contributed by atoms with E-state index in [1.54, 1.807) is 26.4 Å². The summed E-state index contributed by atoms with van der Waals surface area (Å²) < 4.78 is 38.0. The van der Waals surface area contributed by atoms with Crippen LogP contribution in [0.1, 0.15) is 36.8 Å². The van der Waals surface area contributed by atoms with Gasteiger partial charge in [-0.05, 0) is 49.9 Å². The Balaban J connectivity index is 1.45. The highest BCUT2D eigenvalue weighted by Crippen LogP contribution is 2.25. The van der Waals surface area contributed by atoms with Crippen molar-refractivity contribution in [2.24, 2.45) is 5.92 Å². The molecule has 1 saturated heterocycles. The van der Waals surface area contributed by atoms with Crippen molar-refractivity contribution in [1.29, 1.82) is 0 Å². The standard InChI is InChI=1S/C24H30F2N2O3/c1-30-20-10-9-18(22(13-20)31-2)14-27-23(29)11-8-17-5-4-12-28(15-17)16-19-6-3-7-21(25)24(19)26/h3,6-7,9-10,13,17H,4-5,8,11-12,14-16H2,1-2H3,(H,27,29)/t17-/m1/s1. The Bertz CT molecular complexity index is 891. The molecule has 31 heavy (non-hydrogen) atoms. The molecule has 1 atom stereocenters. The molecule has 0 radical (unpaired) electrons. The lowest BCUT2D eigenvalue weighted by molar-refractivity contribution is -0.121. The summed E-state index contributed by atoms with van der Waals surface area (Å²) >= 11 is 0. The van der Waals surface area contributed by atoms with E-state index in [2.05, 4.69) is 10.2 Å². The van der Waals surface area contributed by atoms with Gasteiger partial charge in [0.05, 0.1) is 14.2 Å². The van der Waals surface area contributed by atoms with Crippen LogP contribution in [-0.4, -0.2) is 38.1 Å². The van der Waals surface area contributed by atoms with E-state index < -0.39 is 11.6 Å². The fourth-order valence-corrected chi connectivity index (χ4v) is 4.06. The average Bonchev–Trinajstić information content (AvgIpc) is 2.79. The van der Waals surface area contributed by atoms with Gasteiger partial charge in [-0.25, -0.2) is 8.78 Å². The second-order valence-corrected chi connectivity index (χ2v) is 7.95. The first-order chi connectivity index (χ1) is 15.0. The maximum absolute atomic E-state index is 14.0. The molecule has 1 aliphatic rings. The van der Waals surface area contributed by atoms with Gasteiger partial charge >= 0.3 is 0 Å². The van der Waals surface area contributed by atoms with Gasteiger partial charge in [0.1, 0.15) is 11.5 Å². The molecule has 5 nitrogen and oxygen atoms in total. The summed E-state index contributed by atoms with van der Waals surface area (Å²) in [6.45, 7) is 2.43. The molecule has 1 amide bonds. The highest BCUT2D eigenvalue weighted by molar-refractivity contribution is 5.75. The Morgan fingerprint density at radius 3 is 2.77 bits per heavy atom. The molecule has 0 aliphatic carbocycles. The highest BCUT2D eigenvalue weighted by Gasteiger charge is 2.22. The van der Waals surface area contributed by atoms with E-state index in [0.29, 0.717) is 42.5 Å². The zero-order valence-electron chi connectivity index (χ0n) is 18.1. The van der Waals surface area contributed by atoms with E-state index in [1.165, 1.54) is 6.07 Å². The Morgan fingerprint density at radius 1 is 1.16 bits per heavy atom. The van der Waals surface area contributed by atoms with Crippen LogP contribution in [-0.2, 0) is 17.9 Å². The first kappa shape index (κ1) is 23.0. The minimum Gasteiger partial charge on any atom is -0.497 e. The monoisotopic (exact) mass is 432 g/mol. The summed E-state index contributed by atoms with van der Waals surface area (Å²) in [5.74, 6) is 0.158. The first-order valence-electron chi connectivity index (χ1n) is 10.6. The number of amides is 1. The largest absolute Gasteiger partial charge is 0.497 e. The smallest absolute Gasteiger partial charge is 0.220 e. The number of likely N-dealkylation sites (tertiary alicyclic amines) is 1. The molecule has 1 heterocycles. The summed E-state index contributed by atoms with van der Waals surface area (Å²) in [4.78, 5) is 14.5. The molecule has 7 heteroatoms. The third-order valence-electron chi connectivity index (χ3n) is 5.78. The molecule has 0 bridgehead atoms. The lowest BCUT2D eigenvalue weighted by Gasteiger charge is -2.32. The summed E-state index contributed by atoms with van der Waals surface area (Å²) in [6, 6.07) is 9.81. The number of carbonyl (C=O) groups is 1. The number of carbonyl (C=O) groups excluding carboxylic acids is 1. The average molecular weight is 433 g/mol. The molecule has 1 aliphatic heterocycles. The molecule has 0 aromatic heterocycles. The third kappa shape index (κ3) is 6.40. The number of halogens is 2. The Kier molecular flexibility index (Phi) is 8.23. The van der Waals surface area contributed by atoms with Gasteiger partial charge in [-0.3, -0.25) is 9.69 Å². The number of nitrogens with zero attached hydrogens (tertiary/aromatic N) is 1. The molecule has 1 fully saturated rings. The Hall–Kier alpha value is -2.67. The minimum absolute atomic E-state index is 0.00818. The van der Waals surface area contributed by atoms with Crippen LogP contribution in [0.25, 0.3) is 0 Å². The SMILES string of the molecule is COc1ccc(CNC(=O)CC[C@H]2CCCN(Cc3cccc(F)c3F)C2)c(OC)c1. The summed E-state index contributed by atoms with van der Waals surface area (Å²) in [5.41, 5.74) is 1.27. The molecular weight excluding hydrogens is 402 g/mol. The predicted molar refractivity (Wildman–Crippen MR) is 115 cm³/mol. The molecule has 2 aromatic carbocycles. The van der Waals surface area contributed by atoms with Gasteiger partial charge in [0.25, 0.3) is 0 Å². The molecule has 168 valence electrons. The molecular formula is C24H30F2N2O3. The zero-order chi connectivity index (χ0) is 22.2. The second-order valence-electron chi connectivity index (χ2n) is 7.95. The molecule has 2 aromatic rings. The quantitative estimate of drug-likeness (QED) is 0.642. The van der Waals surface area contributed by atoms with Crippen LogP contribution in [0.5, 0.6) is 11.5 Å². The Labute approximate surface area is 182 Å². The molecule has 3 rings (SSSR count). The number of nitrogens with one attached hydrogen (secondary N) is 1. The molecule has 0 spiro atoms. The number of ether oxygens (including phenoxy) is 2. The van der Waals surface area contributed by atoms with Crippen molar-refractivity contribution in [1.82, 2.24) is 10.2 Å². The van der Waals surface area contributed by atoms with E-state index in [0.717, 1.165) is 44.0 Å². The van der Waals surface area contributed by atoms with Gasteiger partial charge in [0.15, 0.2) is 11.6 Å². The van der Waals surface area contributed by atoms with E-state index >= 15 is 0 Å². The van der Waals surface area contributed by atoms with Gasteiger partial charge in [0.2, 0.25) is 5.91 Å². The van der Waals surface area contributed by atoms with Crippen molar-refractivity contribution >= 4 is 5.91 Å². The van der Waals surface area contributed by atoms with E-state index in [1.807, 2.05) is 12.1 Å². The normalized spacial score (nSPS) is 16.7. The molecule has 0 unspecified atom stereocenters. The topological polar surface area (TPSA) is 50.8 Å². The number of piperidine rings is 1. The van der Waals surface area contributed by atoms with Gasteiger partial charge < -0.3 is 14.8 Å². The van der Waals surface area contributed by atoms with Crippen molar-refractivity contribution in [3.63, 3.8) is 0 Å². The third-order valence-corrected chi connectivity index (χ3v) is 5.78. The van der Waals surface area contributed by atoms with E-state index in [-0.39, 0.29) is 5.91 Å². The fraction of sp³-hybridized carbons (Fsp3) is 0.458. The van der Waals surface area contributed by atoms with Crippen LogP contribution in [0.15, 0.2) is 36.4 Å². The number of hydrogen-bond acceptors (Lipinski definition) is 4. The van der Waals surface area contributed by atoms with Gasteiger partial charge in [-0.2, -0.15) is 0 Å². The van der Waals surface area contributed by atoms with Crippen molar-refractivity contribution in [2.45, 2.75) is 38.8 Å². The summed E-state index contributed by atoms with van der Waals surface area (Å²) in [6.07, 6.45) is 3.24. The first-order valence-corrected chi connectivity index (χ1v) is 10.6. The maximum atomic E-state index is 14.0. The predicted octanol–water partition coefficient (Wildman–Crippen LogP) is 4.29. The molecule has 1 N–H and O–H groups in total. The van der Waals surface area contributed by atoms with Crippen molar-refractivity contribution < 1.29 is 23.0 Å². The van der Waals surface area contributed by atoms with E-state index in [9.17, 15) is 13.6 Å². The minimum atomic E-state index is -0.809. The molecule has 0 saturated carbocycles. The van der Waals surface area contributed by atoms with Crippen LogP contribution >= 0.6 is 0 Å². The van der Waals surface area contributed by atoms with Crippen molar-refractivity contribution in [2.75, 3.05) is 27.3 Å². The van der Waals surface area contributed by atoms with E-state index in [4.69, 9.17) is 9.47 Å². The number of methoxy groups -OCH3 is 2. The second kappa shape index (κ2) is 11.1. The maximum Gasteiger partial charge on any atom is 0.220 e. The van der Waals surface area contributed by atoms with Crippen LogP contribution in [0.3, 0.4) is 0 Å². The lowest BCUT2D eigenvalue weighted by atomic mass is 9.93. The number of benzene rings is 2. The number of hydrogen-bond donors (Lipinski definition) is 1. The van der Waals surface area contributed by atoms with Crippen molar-refractivity contribution in [3.8, 4) is 11.5 Å². The Morgan fingerprint density at radius 2 is 2.00 bits per heavy atom. The van der Waals surface area contributed by atoms with Crippen molar-refractivity contribution in [3.05, 3.63) is 59.2 Å². The van der Waals surface area contributed by atoms with Gasteiger partial charge in [0, 0.05) is 43.2 Å². The van der Waals surface area contributed by atoms with Crippen LogP contribution in [0, 0.1) is 17.6 Å². The summed E-state index contributed by atoms with van der Waals surface area (Å²) in [5, 5.41) is 2.95. The fourth-order valence-electron chi connectivity index (χ4n) is 4.06. The lowest BCUT2D eigenvalue weighted by Crippen LogP contribution is -2.35. The van der Waals surface area contributed by atoms with Gasteiger partial charge in [-0.15, -0.1) is 0 Å². The summed E-state index contributed by atoms with van der Waals surface area (Å²) in [7, 11) is 3.18. The zero-order valence-corrected chi connectivity index (χ0v) is 18.1. The van der Waals surface area contributed by atoms with Crippen LogP contribution in [0.2, 0.25) is 0 Å². The van der Waals surface area contributed by atoms with Crippen LogP contribution in [0.4, 0.5) is 8.78 Å². The van der Waals surface area contributed by atoms with Gasteiger partial charge in [-0.1, -0.05) is 12.1 Å². The van der Waals surface area contributed by atoms with Crippen LogP contribution < -0.4 is 14.8 Å².